The van der Waals surface area contributed by atoms with Crippen molar-refractivity contribution in [3.63, 3.8) is 0 Å². The predicted octanol–water partition coefficient (Wildman–Crippen LogP) is 2.62. The molecule has 0 aliphatic carbocycles. The van der Waals surface area contributed by atoms with E-state index < -0.39 is 10.0 Å². The minimum atomic E-state index is -3.23. The van der Waals surface area contributed by atoms with Gasteiger partial charge >= 0.3 is 0 Å². The van der Waals surface area contributed by atoms with E-state index in [1.165, 1.54) is 6.20 Å². The highest BCUT2D eigenvalue weighted by atomic mass is 32.2. The number of aromatic nitrogens is 1. The Labute approximate surface area is 172 Å². The highest BCUT2D eigenvalue weighted by molar-refractivity contribution is 7.88. The van der Waals surface area contributed by atoms with Gasteiger partial charge in [0.2, 0.25) is 15.9 Å². The van der Waals surface area contributed by atoms with E-state index >= 15 is 0 Å². The van der Waals surface area contributed by atoms with E-state index in [0.29, 0.717) is 31.1 Å². The Balaban J connectivity index is 1.58. The number of nitrogens with one attached hydrogen (secondary N) is 1. The molecule has 0 saturated carbocycles. The van der Waals surface area contributed by atoms with Crippen molar-refractivity contribution in [3.05, 3.63) is 59.8 Å². The molecule has 7 nitrogen and oxygen atoms in total. The first-order valence-corrected chi connectivity index (χ1v) is 11.6. The Hall–Kier alpha value is -2.45. The first-order valence-electron chi connectivity index (χ1n) is 9.73. The van der Waals surface area contributed by atoms with Gasteiger partial charge in [-0.3, -0.25) is 4.79 Å². The van der Waals surface area contributed by atoms with Crippen molar-refractivity contribution in [1.29, 1.82) is 0 Å². The van der Waals surface area contributed by atoms with Crippen LogP contribution in [0.2, 0.25) is 0 Å². The summed E-state index contributed by atoms with van der Waals surface area (Å²) < 4.78 is 31.0. The number of rotatable bonds is 7. The van der Waals surface area contributed by atoms with E-state index in [9.17, 15) is 13.2 Å². The number of hydrogen-bond donors (Lipinski definition) is 1. The minimum Gasteiger partial charge on any atom is -0.470 e. The van der Waals surface area contributed by atoms with Gasteiger partial charge in [0.25, 0.3) is 5.91 Å². The molecule has 1 fully saturated rings. The lowest BCUT2D eigenvalue weighted by atomic mass is 9.98. The van der Waals surface area contributed by atoms with Gasteiger partial charge < -0.3 is 9.64 Å². The molecule has 3 rings (SSSR count). The van der Waals surface area contributed by atoms with Crippen LogP contribution in [0.3, 0.4) is 0 Å². The number of ether oxygens (including phenoxy) is 1. The van der Waals surface area contributed by atoms with Gasteiger partial charge in [-0.1, -0.05) is 30.3 Å². The molecule has 0 spiro atoms. The zero-order valence-corrected chi connectivity index (χ0v) is 17.6. The Kier molecular flexibility index (Phi) is 6.87. The summed E-state index contributed by atoms with van der Waals surface area (Å²) in [6.07, 6.45) is 4.29. The molecule has 1 amide bonds. The number of benzene rings is 1. The number of pyridine rings is 1. The van der Waals surface area contributed by atoms with Crippen LogP contribution in [0.25, 0.3) is 0 Å². The van der Waals surface area contributed by atoms with E-state index in [2.05, 4.69) is 9.71 Å². The maximum Gasteiger partial charge on any atom is 0.255 e. The maximum absolute atomic E-state index is 12.8. The number of piperidine rings is 1. The zero-order chi connectivity index (χ0) is 20.9. The number of amides is 1. The number of hydrogen-bond acceptors (Lipinski definition) is 5. The van der Waals surface area contributed by atoms with Gasteiger partial charge in [0.1, 0.15) is 6.10 Å². The van der Waals surface area contributed by atoms with Gasteiger partial charge in [-0.2, -0.15) is 0 Å². The summed E-state index contributed by atoms with van der Waals surface area (Å²) in [4.78, 5) is 18.9. The summed E-state index contributed by atoms with van der Waals surface area (Å²) >= 11 is 0. The number of carbonyl (C=O) groups excluding carboxylic acids is 1. The molecule has 8 heteroatoms. The molecule has 1 saturated heterocycles. The van der Waals surface area contributed by atoms with E-state index in [1.807, 2.05) is 37.3 Å². The van der Waals surface area contributed by atoms with Crippen LogP contribution >= 0.6 is 0 Å². The van der Waals surface area contributed by atoms with Crippen LogP contribution in [0.4, 0.5) is 0 Å². The van der Waals surface area contributed by atoms with Gasteiger partial charge in [0.05, 0.1) is 11.8 Å². The molecule has 29 heavy (non-hydrogen) atoms. The second kappa shape index (κ2) is 9.37. The Bertz CT molecular complexity index is 917. The van der Waals surface area contributed by atoms with E-state index in [4.69, 9.17) is 4.74 Å². The molecule has 1 aromatic carbocycles. The van der Waals surface area contributed by atoms with Crippen molar-refractivity contribution in [2.24, 2.45) is 5.92 Å². The number of carbonyl (C=O) groups is 1. The maximum atomic E-state index is 12.8. The molecule has 1 aliphatic rings. The summed E-state index contributed by atoms with van der Waals surface area (Å²) in [5.41, 5.74) is 1.55. The van der Waals surface area contributed by atoms with Crippen molar-refractivity contribution in [3.8, 4) is 5.88 Å². The third-order valence-electron chi connectivity index (χ3n) is 4.99. The molecule has 1 N–H and O–H groups in total. The van der Waals surface area contributed by atoms with Crippen molar-refractivity contribution in [2.75, 3.05) is 25.9 Å². The lowest BCUT2D eigenvalue weighted by molar-refractivity contribution is 0.0676. The fourth-order valence-corrected chi connectivity index (χ4v) is 3.96. The number of nitrogens with zero attached hydrogens (tertiary/aromatic N) is 2. The first-order chi connectivity index (χ1) is 13.8. The fraction of sp³-hybridized carbons (Fsp3) is 0.429. The molecule has 1 aromatic heterocycles. The Morgan fingerprint density at radius 2 is 2.03 bits per heavy atom. The third kappa shape index (κ3) is 6.27. The largest absolute Gasteiger partial charge is 0.470 e. The summed E-state index contributed by atoms with van der Waals surface area (Å²) in [7, 11) is -3.23. The molecular formula is C21H27N3O4S. The molecule has 2 aromatic rings. The standard InChI is InChI=1S/C21H27N3O4S/c1-16(18-8-4-3-5-9-18)28-20-11-10-19(14-22-20)21(25)24-12-6-7-17(15-24)13-23-29(2,26)27/h3-5,8-11,14,16-17,23H,6-7,12-13,15H2,1-2H3/t16-,17+/m1/s1. The van der Waals surface area contributed by atoms with Gasteiger partial charge in [-0.25, -0.2) is 18.1 Å². The Morgan fingerprint density at radius 1 is 1.28 bits per heavy atom. The second-order valence-electron chi connectivity index (χ2n) is 7.44. The van der Waals surface area contributed by atoms with Crippen LogP contribution in [0.5, 0.6) is 5.88 Å². The molecule has 2 heterocycles. The average Bonchev–Trinajstić information content (AvgIpc) is 2.72. The van der Waals surface area contributed by atoms with Crippen molar-refractivity contribution in [1.82, 2.24) is 14.6 Å². The van der Waals surface area contributed by atoms with Crippen LogP contribution in [-0.2, 0) is 10.0 Å². The molecule has 156 valence electrons. The lowest BCUT2D eigenvalue weighted by Gasteiger charge is -2.32. The highest BCUT2D eigenvalue weighted by Crippen LogP contribution is 2.21. The minimum absolute atomic E-state index is 0.0933. The highest BCUT2D eigenvalue weighted by Gasteiger charge is 2.25. The topological polar surface area (TPSA) is 88.6 Å². The van der Waals surface area contributed by atoms with Gasteiger partial charge in [-0.15, -0.1) is 0 Å². The summed E-state index contributed by atoms with van der Waals surface area (Å²) in [5, 5.41) is 0. The fourth-order valence-electron chi connectivity index (χ4n) is 3.42. The average molecular weight is 418 g/mol. The molecule has 2 atom stereocenters. The normalized spacial score (nSPS) is 18.3. The smallest absolute Gasteiger partial charge is 0.255 e. The number of sulfonamides is 1. The molecule has 0 unspecified atom stereocenters. The van der Waals surface area contributed by atoms with Crippen molar-refractivity contribution in [2.45, 2.75) is 25.9 Å². The van der Waals surface area contributed by atoms with Gasteiger partial charge in [0, 0.05) is 31.9 Å². The monoisotopic (exact) mass is 417 g/mol. The molecular weight excluding hydrogens is 390 g/mol. The summed E-state index contributed by atoms with van der Waals surface area (Å²) in [6, 6.07) is 13.3. The summed E-state index contributed by atoms with van der Waals surface area (Å²) in [6.45, 7) is 3.50. The third-order valence-corrected chi connectivity index (χ3v) is 5.68. The van der Waals surface area contributed by atoms with Gasteiger partial charge in [0.15, 0.2) is 0 Å². The first kappa shape index (κ1) is 21.3. The van der Waals surface area contributed by atoms with Crippen LogP contribution in [0, 0.1) is 5.92 Å². The van der Waals surface area contributed by atoms with E-state index in [-0.39, 0.29) is 17.9 Å². The SMILES string of the molecule is C[C@@H](Oc1ccc(C(=O)N2CCC[C@@H](CNS(C)(=O)=O)C2)cn1)c1ccccc1. The van der Waals surface area contributed by atoms with Gasteiger partial charge in [-0.05, 0) is 37.3 Å². The molecule has 1 aliphatic heterocycles. The summed E-state index contributed by atoms with van der Waals surface area (Å²) in [5.74, 6) is 0.487. The second-order valence-corrected chi connectivity index (χ2v) is 9.27. The lowest BCUT2D eigenvalue weighted by Crippen LogP contribution is -2.43. The van der Waals surface area contributed by atoms with Crippen LogP contribution in [0.1, 0.15) is 41.8 Å². The van der Waals surface area contributed by atoms with Crippen molar-refractivity contribution >= 4 is 15.9 Å². The van der Waals surface area contributed by atoms with Crippen LogP contribution < -0.4 is 9.46 Å². The van der Waals surface area contributed by atoms with Crippen LogP contribution in [0.15, 0.2) is 48.7 Å². The quantitative estimate of drug-likeness (QED) is 0.748. The predicted molar refractivity (Wildman–Crippen MR) is 111 cm³/mol. The van der Waals surface area contributed by atoms with E-state index in [0.717, 1.165) is 24.7 Å². The van der Waals surface area contributed by atoms with Crippen molar-refractivity contribution < 1.29 is 17.9 Å². The Morgan fingerprint density at radius 3 is 2.69 bits per heavy atom. The number of likely N-dealkylation sites (tertiary alicyclic amines) is 1. The molecule has 0 bridgehead atoms. The van der Waals surface area contributed by atoms with E-state index in [1.54, 1.807) is 17.0 Å². The van der Waals surface area contributed by atoms with Crippen LogP contribution in [-0.4, -0.2) is 50.1 Å². The molecule has 0 radical (unpaired) electrons. The zero-order valence-electron chi connectivity index (χ0n) is 16.7.